The Morgan fingerprint density at radius 1 is 1.00 bits per heavy atom. The van der Waals surface area contributed by atoms with Crippen molar-refractivity contribution in [2.45, 2.75) is 57.6 Å². The van der Waals surface area contributed by atoms with Crippen LogP contribution in [0.15, 0.2) is 82.2 Å². The van der Waals surface area contributed by atoms with Crippen molar-refractivity contribution in [3.05, 3.63) is 88.4 Å². The van der Waals surface area contributed by atoms with Crippen LogP contribution in [0.25, 0.3) is 0 Å². The SMILES string of the molecule is COc1cccc(N(CC(=O)N(Cc2cccc(Br)c2)C(C)C(=O)NC(C)(C)C)S(=O)(=O)c2ccc(C)cc2)c1. The van der Waals surface area contributed by atoms with Gasteiger partial charge in [-0.2, -0.15) is 0 Å². The van der Waals surface area contributed by atoms with Crippen LogP contribution >= 0.6 is 15.9 Å². The highest BCUT2D eigenvalue weighted by molar-refractivity contribution is 9.10. The lowest BCUT2D eigenvalue weighted by Gasteiger charge is -2.33. The Labute approximate surface area is 245 Å². The minimum absolute atomic E-state index is 0.0470. The van der Waals surface area contributed by atoms with Gasteiger partial charge in [0.25, 0.3) is 10.0 Å². The molecule has 1 atom stereocenters. The number of amides is 2. The van der Waals surface area contributed by atoms with Crippen LogP contribution in [0.2, 0.25) is 0 Å². The predicted octanol–water partition coefficient (Wildman–Crippen LogP) is 5.29. The molecule has 3 aromatic carbocycles. The maximum absolute atomic E-state index is 14.0. The number of rotatable bonds is 10. The number of hydrogen-bond donors (Lipinski definition) is 1. The topological polar surface area (TPSA) is 96.0 Å². The minimum Gasteiger partial charge on any atom is -0.497 e. The van der Waals surface area contributed by atoms with Gasteiger partial charge in [-0.1, -0.05) is 51.8 Å². The first-order valence-electron chi connectivity index (χ1n) is 12.8. The number of carbonyl (C=O) groups excluding carboxylic acids is 2. The molecule has 214 valence electrons. The fourth-order valence-electron chi connectivity index (χ4n) is 4.02. The van der Waals surface area contributed by atoms with Gasteiger partial charge in [0.15, 0.2) is 0 Å². The van der Waals surface area contributed by atoms with Gasteiger partial charge in [0.05, 0.1) is 17.7 Å². The number of nitrogens with zero attached hydrogens (tertiary/aromatic N) is 2. The summed E-state index contributed by atoms with van der Waals surface area (Å²) in [6, 6.07) is 19.5. The predicted molar refractivity (Wildman–Crippen MR) is 161 cm³/mol. The van der Waals surface area contributed by atoms with E-state index in [0.717, 1.165) is 19.9 Å². The van der Waals surface area contributed by atoms with Crippen molar-refractivity contribution in [2.24, 2.45) is 0 Å². The number of methoxy groups -OCH3 is 1. The third kappa shape index (κ3) is 8.08. The summed E-state index contributed by atoms with van der Waals surface area (Å²) in [7, 11) is -2.67. The Morgan fingerprint density at radius 3 is 2.25 bits per heavy atom. The van der Waals surface area contributed by atoms with Gasteiger partial charge in [0.1, 0.15) is 18.3 Å². The summed E-state index contributed by atoms with van der Waals surface area (Å²) >= 11 is 3.45. The van der Waals surface area contributed by atoms with E-state index in [2.05, 4.69) is 21.2 Å². The standard InChI is InChI=1S/C30H36BrN3O5S/c1-21-13-15-27(16-14-21)40(37,38)34(25-11-8-12-26(18-25)39-6)20-28(35)33(19-23-9-7-10-24(31)17-23)22(2)29(36)32-30(3,4)5/h7-18,22H,19-20H2,1-6H3,(H,32,36). The maximum atomic E-state index is 14.0. The summed E-state index contributed by atoms with van der Waals surface area (Å²) in [6.07, 6.45) is 0. The van der Waals surface area contributed by atoms with Crippen LogP contribution in [-0.2, 0) is 26.2 Å². The summed E-state index contributed by atoms with van der Waals surface area (Å²) < 4.78 is 35.1. The van der Waals surface area contributed by atoms with Crippen molar-refractivity contribution in [3.63, 3.8) is 0 Å². The fourth-order valence-corrected chi connectivity index (χ4v) is 5.87. The van der Waals surface area contributed by atoms with Gasteiger partial charge in [-0.05, 0) is 76.6 Å². The Hall–Kier alpha value is -3.37. The number of anilines is 1. The molecule has 40 heavy (non-hydrogen) atoms. The second-order valence-corrected chi connectivity index (χ2v) is 13.4. The first-order valence-corrected chi connectivity index (χ1v) is 15.0. The van der Waals surface area contributed by atoms with Gasteiger partial charge >= 0.3 is 0 Å². The highest BCUT2D eigenvalue weighted by Gasteiger charge is 2.33. The van der Waals surface area contributed by atoms with Crippen LogP contribution in [-0.4, -0.2) is 50.4 Å². The number of benzene rings is 3. The van der Waals surface area contributed by atoms with Crippen molar-refractivity contribution in [3.8, 4) is 5.75 Å². The second kappa shape index (κ2) is 12.9. The maximum Gasteiger partial charge on any atom is 0.264 e. The Kier molecular flexibility index (Phi) is 10.0. The molecule has 0 bridgehead atoms. The molecule has 0 aliphatic heterocycles. The van der Waals surface area contributed by atoms with E-state index in [1.165, 1.54) is 24.1 Å². The van der Waals surface area contributed by atoms with E-state index in [9.17, 15) is 18.0 Å². The second-order valence-electron chi connectivity index (χ2n) is 10.6. The molecule has 2 amide bonds. The average Bonchev–Trinajstić information content (AvgIpc) is 2.89. The Morgan fingerprint density at radius 2 is 1.65 bits per heavy atom. The van der Waals surface area contributed by atoms with E-state index in [-0.39, 0.29) is 23.0 Å². The van der Waals surface area contributed by atoms with E-state index in [4.69, 9.17) is 4.74 Å². The summed E-state index contributed by atoms with van der Waals surface area (Å²) in [5.41, 5.74) is 1.44. The zero-order valence-corrected chi connectivity index (χ0v) is 26.0. The van der Waals surface area contributed by atoms with Gasteiger partial charge in [0, 0.05) is 22.6 Å². The van der Waals surface area contributed by atoms with Crippen LogP contribution in [0, 0.1) is 6.92 Å². The molecule has 3 rings (SSSR count). The van der Waals surface area contributed by atoms with Crippen LogP contribution in [0.5, 0.6) is 5.75 Å². The quantitative estimate of drug-likeness (QED) is 0.329. The molecule has 0 radical (unpaired) electrons. The lowest BCUT2D eigenvalue weighted by Crippen LogP contribution is -2.54. The number of carbonyl (C=O) groups is 2. The molecule has 3 aromatic rings. The van der Waals surface area contributed by atoms with Crippen LogP contribution in [0.1, 0.15) is 38.8 Å². The lowest BCUT2D eigenvalue weighted by atomic mass is 10.1. The summed E-state index contributed by atoms with van der Waals surface area (Å²) in [4.78, 5) is 28.7. The monoisotopic (exact) mass is 629 g/mol. The summed E-state index contributed by atoms with van der Waals surface area (Å²) in [6.45, 7) is 8.66. The number of nitrogens with one attached hydrogen (secondary N) is 1. The first-order chi connectivity index (χ1) is 18.7. The summed E-state index contributed by atoms with van der Waals surface area (Å²) in [5.74, 6) is -0.432. The molecule has 0 heterocycles. The molecule has 10 heteroatoms. The van der Waals surface area contributed by atoms with Gasteiger partial charge in [-0.15, -0.1) is 0 Å². The number of sulfonamides is 1. The molecule has 0 aliphatic rings. The molecule has 0 spiro atoms. The smallest absolute Gasteiger partial charge is 0.264 e. The lowest BCUT2D eigenvalue weighted by molar-refractivity contribution is -0.140. The zero-order chi connectivity index (χ0) is 29.7. The molecule has 0 aromatic heterocycles. The highest BCUT2D eigenvalue weighted by atomic mass is 79.9. The van der Waals surface area contributed by atoms with Crippen molar-refractivity contribution in [1.29, 1.82) is 0 Å². The van der Waals surface area contributed by atoms with Crippen molar-refractivity contribution < 1.29 is 22.7 Å². The third-order valence-electron chi connectivity index (χ3n) is 6.14. The van der Waals surface area contributed by atoms with E-state index >= 15 is 0 Å². The van der Waals surface area contributed by atoms with Gasteiger partial charge in [0.2, 0.25) is 11.8 Å². The van der Waals surface area contributed by atoms with Crippen molar-refractivity contribution in [1.82, 2.24) is 10.2 Å². The molecule has 0 aliphatic carbocycles. The van der Waals surface area contributed by atoms with E-state index in [1.807, 2.05) is 52.0 Å². The summed E-state index contributed by atoms with van der Waals surface area (Å²) in [5, 5.41) is 2.92. The number of ether oxygens (including phenoxy) is 1. The average molecular weight is 631 g/mol. The molecule has 0 saturated carbocycles. The molecule has 8 nitrogen and oxygen atoms in total. The third-order valence-corrected chi connectivity index (χ3v) is 8.42. The molecular weight excluding hydrogens is 594 g/mol. The molecule has 0 saturated heterocycles. The Balaban J connectivity index is 2.06. The number of aryl methyl sites for hydroxylation is 1. The highest BCUT2D eigenvalue weighted by Crippen LogP contribution is 2.28. The minimum atomic E-state index is -4.16. The number of halogens is 1. The van der Waals surface area contributed by atoms with Gasteiger partial charge in [-0.25, -0.2) is 8.42 Å². The largest absolute Gasteiger partial charge is 0.497 e. The molecule has 1 N–H and O–H groups in total. The van der Waals surface area contributed by atoms with Crippen LogP contribution < -0.4 is 14.4 Å². The molecule has 0 fully saturated rings. The van der Waals surface area contributed by atoms with Crippen molar-refractivity contribution in [2.75, 3.05) is 18.0 Å². The normalized spacial score (nSPS) is 12.4. The first kappa shape index (κ1) is 31.2. The van der Waals surface area contributed by atoms with Gasteiger partial charge < -0.3 is 15.0 Å². The number of hydrogen-bond acceptors (Lipinski definition) is 5. The Bertz CT molecular complexity index is 1450. The molecular formula is C30H36BrN3O5S. The van der Waals surface area contributed by atoms with Crippen LogP contribution in [0.4, 0.5) is 5.69 Å². The zero-order valence-electron chi connectivity index (χ0n) is 23.6. The molecule has 1 unspecified atom stereocenters. The van der Waals surface area contributed by atoms with Crippen molar-refractivity contribution >= 4 is 43.5 Å². The van der Waals surface area contributed by atoms with Gasteiger partial charge in [-0.3, -0.25) is 13.9 Å². The van der Waals surface area contributed by atoms with E-state index in [0.29, 0.717) is 5.75 Å². The fraction of sp³-hybridized carbons (Fsp3) is 0.333. The van der Waals surface area contributed by atoms with E-state index in [1.54, 1.807) is 43.3 Å². The van der Waals surface area contributed by atoms with E-state index < -0.39 is 34.1 Å². The van der Waals surface area contributed by atoms with Crippen LogP contribution in [0.3, 0.4) is 0 Å².